The third-order valence-corrected chi connectivity index (χ3v) is 4.92. The molecule has 1 aliphatic heterocycles. The Bertz CT molecular complexity index is 863. The second-order valence-electron chi connectivity index (χ2n) is 9.18. The van der Waals surface area contributed by atoms with Crippen LogP contribution in [0.3, 0.4) is 0 Å². The van der Waals surface area contributed by atoms with Crippen molar-refractivity contribution in [3.8, 4) is 0 Å². The lowest BCUT2D eigenvalue weighted by Gasteiger charge is -2.32. The number of ether oxygens (including phenoxy) is 2. The van der Waals surface area contributed by atoms with Gasteiger partial charge in [-0.25, -0.2) is 19.6 Å². The van der Waals surface area contributed by atoms with Gasteiger partial charge in [-0.3, -0.25) is 0 Å². The minimum Gasteiger partial charge on any atom is -0.464 e. The maximum Gasteiger partial charge on any atom is 0.492 e. The van der Waals surface area contributed by atoms with Gasteiger partial charge in [0.15, 0.2) is 11.5 Å². The number of alkyl carbamates (subject to hydrolysis) is 1. The van der Waals surface area contributed by atoms with Crippen LogP contribution >= 0.6 is 0 Å². The number of hydrogen-bond donors (Lipinski definition) is 2. The molecule has 1 aliphatic rings. The summed E-state index contributed by atoms with van der Waals surface area (Å²) < 4.78 is 22.2. The van der Waals surface area contributed by atoms with Crippen LogP contribution in [0.15, 0.2) is 11.7 Å². The van der Waals surface area contributed by atoms with Crippen LogP contribution in [-0.4, -0.2) is 59.6 Å². The van der Waals surface area contributed by atoms with E-state index in [2.05, 4.69) is 15.3 Å². The molecule has 0 spiro atoms. The second-order valence-corrected chi connectivity index (χ2v) is 9.18. The van der Waals surface area contributed by atoms with Crippen LogP contribution in [0.5, 0.6) is 0 Å². The van der Waals surface area contributed by atoms with Crippen molar-refractivity contribution in [1.82, 2.24) is 15.3 Å². The Balaban J connectivity index is 2.36. The number of hydrogen-bond acceptors (Lipinski definition) is 9. The molecule has 0 unspecified atom stereocenters. The lowest BCUT2D eigenvalue weighted by Crippen LogP contribution is -2.41. The van der Waals surface area contributed by atoms with E-state index < -0.39 is 36.0 Å². The van der Waals surface area contributed by atoms with Crippen LogP contribution in [0, 0.1) is 0 Å². The molecule has 3 N–H and O–H groups in total. The topological polar surface area (TPSA) is 135 Å². The van der Waals surface area contributed by atoms with E-state index in [-0.39, 0.29) is 18.1 Å². The van der Waals surface area contributed by atoms with Crippen LogP contribution in [0.1, 0.15) is 64.6 Å². The number of nitrogens with zero attached hydrogens (tertiary/aromatic N) is 2. The molecule has 0 aromatic carbocycles. The van der Waals surface area contributed by atoms with Gasteiger partial charge in [0.2, 0.25) is 0 Å². The van der Waals surface area contributed by atoms with Gasteiger partial charge in [-0.05, 0) is 60.0 Å². The fourth-order valence-electron chi connectivity index (χ4n) is 2.60. The zero-order valence-electron chi connectivity index (χ0n) is 19.4. The molecule has 31 heavy (non-hydrogen) atoms. The van der Waals surface area contributed by atoms with Gasteiger partial charge in [0.05, 0.1) is 30.2 Å². The molecule has 1 aromatic rings. The molecular weight excluding hydrogens is 403 g/mol. The quantitative estimate of drug-likeness (QED) is 0.529. The maximum absolute atomic E-state index is 12.2. The van der Waals surface area contributed by atoms with E-state index in [9.17, 15) is 9.59 Å². The Hall–Kier alpha value is -2.66. The summed E-state index contributed by atoms with van der Waals surface area (Å²) in [5.74, 6) is -0.752. The third kappa shape index (κ3) is 6.17. The second kappa shape index (κ2) is 8.84. The normalized spacial score (nSPS) is 17.9. The molecule has 0 radical (unpaired) electrons. The molecule has 11 heteroatoms. The molecule has 1 saturated heterocycles. The monoisotopic (exact) mass is 434 g/mol. The van der Waals surface area contributed by atoms with Gasteiger partial charge in [0, 0.05) is 6.54 Å². The Labute approximate surface area is 183 Å². The summed E-state index contributed by atoms with van der Waals surface area (Å²) in [7, 11) is 0.466. The molecule has 1 fully saturated rings. The van der Waals surface area contributed by atoms with Crippen LogP contribution < -0.4 is 11.1 Å². The van der Waals surface area contributed by atoms with Crippen molar-refractivity contribution >= 4 is 31.1 Å². The minimum absolute atomic E-state index is 0.0481. The number of carbonyl (C=O) groups is 2. The summed E-state index contributed by atoms with van der Waals surface area (Å²) >= 11 is 0. The Morgan fingerprint density at radius 2 is 1.81 bits per heavy atom. The van der Waals surface area contributed by atoms with Gasteiger partial charge < -0.3 is 29.8 Å². The van der Waals surface area contributed by atoms with Gasteiger partial charge in [-0.15, -0.1) is 0 Å². The van der Waals surface area contributed by atoms with Crippen LogP contribution in [0.4, 0.5) is 10.6 Å². The van der Waals surface area contributed by atoms with Gasteiger partial charge in [-0.1, -0.05) is 0 Å². The highest BCUT2D eigenvalue weighted by molar-refractivity contribution is 6.56. The van der Waals surface area contributed by atoms with E-state index in [1.165, 1.54) is 13.3 Å². The van der Waals surface area contributed by atoms with E-state index in [1.807, 2.05) is 27.7 Å². The Morgan fingerprint density at radius 1 is 1.23 bits per heavy atom. The number of anilines is 1. The average Bonchev–Trinajstić information content (AvgIpc) is 2.85. The van der Waals surface area contributed by atoms with E-state index >= 15 is 0 Å². The molecule has 0 aliphatic carbocycles. The molecule has 2 rings (SSSR count). The van der Waals surface area contributed by atoms with E-state index in [4.69, 9.17) is 24.5 Å². The van der Waals surface area contributed by atoms with Gasteiger partial charge in [-0.2, -0.15) is 0 Å². The van der Waals surface area contributed by atoms with E-state index in [0.717, 1.165) is 0 Å². The number of nitrogens with two attached hydrogens (primary N) is 1. The largest absolute Gasteiger partial charge is 0.492 e. The highest BCUT2D eigenvalue weighted by atomic mass is 16.7. The first-order valence-corrected chi connectivity index (χ1v) is 9.89. The highest BCUT2D eigenvalue weighted by Crippen LogP contribution is 2.38. The maximum atomic E-state index is 12.2. The summed E-state index contributed by atoms with van der Waals surface area (Å²) in [5.41, 5.74) is 4.68. The average molecular weight is 434 g/mol. The Morgan fingerprint density at radius 3 is 2.32 bits per heavy atom. The summed E-state index contributed by atoms with van der Waals surface area (Å²) in [5, 5.41) is 2.70. The summed E-state index contributed by atoms with van der Waals surface area (Å²) in [4.78, 5) is 32.3. The number of rotatable bonds is 5. The zero-order valence-corrected chi connectivity index (χ0v) is 19.4. The predicted molar refractivity (Wildman–Crippen MR) is 116 cm³/mol. The molecule has 0 atom stereocenters. The van der Waals surface area contributed by atoms with Crippen molar-refractivity contribution < 1.29 is 28.4 Å². The number of aromatic nitrogens is 2. The molecule has 10 nitrogen and oxygen atoms in total. The third-order valence-electron chi connectivity index (χ3n) is 4.92. The first-order valence-electron chi connectivity index (χ1n) is 9.89. The van der Waals surface area contributed by atoms with Crippen molar-refractivity contribution in [2.24, 2.45) is 0 Å². The van der Waals surface area contributed by atoms with Crippen molar-refractivity contribution in [3.63, 3.8) is 0 Å². The molecule has 0 saturated carbocycles. The van der Waals surface area contributed by atoms with Crippen molar-refractivity contribution in [2.45, 2.75) is 65.3 Å². The van der Waals surface area contributed by atoms with Crippen LogP contribution in [0.2, 0.25) is 0 Å². The predicted octanol–water partition coefficient (Wildman–Crippen LogP) is 2.38. The number of carbonyl (C=O) groups excluding carboxylic acids is 2. The number of amides is 1. The zero-order chi connectivity index (χ0) is 23.6. The molecule has 1 amide bonds. The number of nitrogens with one attached hydrogen (secondary N) is 1. The van der Waals surface area contributed by atoms with Crippen molar-refractivity contribution in [1.29, 1.82) is 0 Å². The Kier molecular flexibility index (Phi) is 7.02. The first-order chi connectivity index (χ1) is 14.1. The number of esters is 1. The fourth-order valence-corrected chi connectivity index (χ4v) is 2.60. The van der Waals surface area contributed by atoms with Gasteiger partial charge >= 0.3 is 19.2 Å². The fraction of sp³-hybridized carbons (Fsp3) is 0.600. The lowest BCUT2D eigenvalue weighted by atomic mass is 9.77. The summed E-state index contributed by atoms with van der Waals surface area (Å²) in [6, 6.07) is 0. The molecular formula is C20H31BN4O6. The van der Waals surface area contributed by atoms with E-state index in [1.54, 1.807) is 26.8 Å². The summed E-state index contributed by atoms with van der Waals surface area (Å²) in [6.45, 7) is 13.1. The van der Waals surface area contributed by atoms with Crippen molar-refractivity contribution in [2.75, 3.05) is 19.4 Å². The minimum atomic E-state index is -0.763. The molecule has 0 bridgehead atoms. The number of methoxy groups -OCH3 is 1. The number of nitrogen functional groups attached to an aromatic ring is 1. The standard InChI is InChI=1S/C20H31BN4O6/c1-18(2,3)29-17(27)24-10-12(21-30-19(4,5)20(6,7)31-21)9-13-11-23-15(22)14(25-13)16(26)28-8/h9,11H,10H2,1-8H3,(H2,22,23)(H,24,27). The molecule has 2 heterocycles. The SMILES string of the molecule is COC(=O)c1nc(C=C(CNC(=O)OC(C)(C)C)B2OC(C)(C)C(C)(C)O2)cnc1N. The lowest BCUT2D eigenvalue weighted by molar-refractivity contribution is 0.00578. The van der Waals surface area contributed by atoms with Crippen molar-refractivity contribution in [3.05, 3.63) is 23.1 Å². The smallest absolute Gasteiger partial charge is 0.464 e. The molecule has 170 valence electrons. The highest BCUT2D eigenvalue weighted by Gasteiger charge is 2.52. The summed E-state index contributed by atoms with van der Waals surface area (Å²) in [6.07, 6.45) is 2.44. The molecule has 1 aromatic heterocycles. The van der Waals surface area contributed by atoms with Gasteiger partial charge in [0.1, 0.15) is 5.60 Å². The van der Waals surface area contributed by atoms with E-state index in [0.29, 0.717) is 11.2 Å². The van der Waals surface area contributed by atoms with Crippen LogP contribution in [-0.2, 0) is 18.8 Å². The van der Waals surface area contributed by atoms with Crippen LogP contribution in [0.25, 0.3) is 6.08 Å². The van der Waals surface area contributed by atoms with Gasteiger partial charge in [0.25, 0.3) is 0 Å². The first kappa shape index (κ1) is 24.6.